The number of hydrogen-bond donors (Lipinski definition) is 1. The first-order valence-electron chi connectivity index (χ1n) is 13.7. The third-order valence-electron chi connectivity index (χ3n) is 7.30. The van der Waals surface area contributed by atoms with Crippen LogP contribution in [-0.2, 0) is 24.2 Å². The van der Waals surface area contributed by atoms with Gasteiger partial charge in [0.05, 0.1) is 43.9 Å². The minimum Gasteiger partial charge on any atom is -0.474 e. The molecule has 0 unspecified atom stereocenters. The smallest absolute Gasteiger partial charge is 0.238 e. The fourth-order valence-corrected chi connectivity index (χ4v) is 5.23. The standard InChI is InChI=1S/C27H33N7O2.C2H6/c1-19-24(16-28-26-25(19)32(2)9-14-36-26)34-8-7-21-15-29-27(31-23(21)18-34)30-22-5-3-20(4-6-22)17-33-10-12-35-13-11-33;1-2/h3-6,15-16H,7-14,17-18H2,1-2H3,(H,29,30,31);1-2H3. The van der Waals surface area contributed by atoms with E-state index in [1.165, 1.54) is 16.7 Å². The van der Waals surface area contributed by atoms with Crippen LogP contribution in [0.3, 0.4) is 0 Å². The molecule has 0 aliphatic carbocycles. The molecule has 0 saturated carbocycles. The first-order valence-corrected chi connectivity index (χ1v) is 13.7. The summed E-state index contributed by atoms with van der Waals surface area (Å²) < 4.78 is 11.2. The fourth-order valence-electron chi connectivity index (χ4n) is 5.23. The molecule has 3 aromatic rings. The number of benzene rings is 1. The van der Waals surface area contributed by atoms with Crippen LogP contribution >= 0.6 is 0 Å². The van der Waals surface area contributed by atoms with Crippen molar-refractivity contribution in [2.75, 3.05) is 68.2 Å². The van der Waals surface area contributed by atoms with Gasteiger partial charge in [0.15, 0.2) is 0 Å². The highest BCUT2D eigenvalue weighted by Crippen LogP contribution is 2.38. The monoisotopic (exact) mass is 517 g/mol. The van der Waals surface area contributed by atoms with Crippen LogP contribution in [0.5, 0.6) is 5.88 Å². The van der Waals surface area contributed by atoms with Crippen LogP contribution in [-0.4, -0.2) is 72.9 Å². The van der Waals surface area contributed by atoms with Crippen molar-refractivity contribution in [1.29, 1.82) is 0 Å². The number of fused-ring (bicyclic) bond motifs is 2. The third-order valence-corrected chi connectivity index (χ3v) is 7.30. The van der Waals surface area contributed by atoms with Gasteiger partial charge in [0, 0.05) is 50.7 Å². The lowest BCUT2D eigenvalue weighted by Crippen LogP contribution is -2.35. The Morgan fingerprint density at radius 2 is 1.74 bits per heavy atom. The Labute approximate surface area is 225 Å². The quantitative estimate of drug-likeness (QED) is 0.536. The second-order valence-corrected chi connectivity index (χ2v) is 9.74. The van der Waals surface area contributed by atoms with Gasteiger partial charge in [-0.05, 0) is 36.6 Å². The number of hydrogen-bond acceptors (Lipinski definition) is 9. The van der Waals surface area contributed by atoms with E-state index in [-0.39, 0.29) is 0 Å². The van der Waals surface area contributed by atoms with Gasteiger partial charge in [-0.3, -0.25) is 4.90 Å². The molecule has 5 heterocycles. The van der Waals surface area contributed by atoms with E-state index in [4.69, 9.17) is 14.5 Å². The number of morpholine rings is 1. The van der Waals surface area contributed by atoms with Crippen molar-refractivity contribution in [3.63, 3.8) is 0 Å². The van der Waals surface area contributed by atoms with Gasteiger partial charge >= 0.3 is 0 Å². The topological polar surface area (TPSA) is 78.9 Å². The highest BCUT2D eigenvalue weighted by molar-refractivity contribution is 5.71. The van der Waals surface area contributed by atoms with Crippen LogP contribution < -0.4 is 19.9 Å². The minimum atomic E-state index is 0.630. The molecule has 1 N–H and O–H groups in total. The summed E-state index contributed by atoms with van der Waals surface area (Å²) >= 11 is 0. The number of likely N-dealkylation sites (N-methyl/N-ethyl adjacent to an activating group) is 1. The Hall–Kier alpha value is -3.43. The fraction of sp³-hybridized carbons (Fsp3) is 0.483. The Balaban J connectivity index is 0.00000144. The van der Waals surface area contributed by atoms with E-state index < -0.39 is 0 Å². The van der Waals surface area contributed by atoms with E-state index >= 15 is 0 Å². The van der Waals surface area contributed by atoms with Crippen LogP contribution in [0.25, 0.3) is 0 Å². The zero-order valence-corrected chi connectivity index (χ0v) is 23.0. The summed E-state index contributed by atoms with van der Waals surface area (Å²) in [4.78, 5) is 21.1. The molecule has 0 bridgehead atoms. The Kier molecular flexibility index (Phi) is 8.24. The van der Waals surface area contributed by atoms with Gasteiger partial charge in [0.25, 0.3) is 0 Å². The average molecular weight is 518 g/mol. The third kappa shape index (κ3) is 5.68. The molecule has 1 fully saturated rings. The number of anilines is 4. The SMILES string of the molecule is CC.Cc1c(N2CCc3cnc(Nc4ccc(CN5CCOCC5)cc4)nc3C2)cnc2c1N(C)CCO2. The molecular formula is C29H39N7O2. The minimum absolute atomic E-state index is 0.630. The van der Waals surface area contributed by atoms with Crippen LogP contribution in [0.2, 0.25) is 0 Å². The number of rotatable bonds is 5. The maximum Gasteiger partial charge on any atom is 0.238 e. The normalized spacial score (nSPS) is 17.1. The second kappa shape index (κ2) is 12.0. The van der Waals surface area contributed by atoms with Crippen molar-refractivity contribution >= 4 is 23.0 Å². The summed E-state index contributed by atoms with van der Waals surface area (Å²) in [7, 11) is 2.10. The van der Waals surface area contributed by atoms with E-state index in [0.29, 0.717) is 12.6 Å². The summed E-state index contributed by atoms with van der Waals surface area (Å²) in [5, 5.41) is 3.39. The molecule has 2 aromatic heterocycles. The average Bonchev–Trinajstić information content (AvgIpc) is 2.96. The van der Waals surface area contributed by atoms with Crippen molar-refractivity contribution in [2.24, 2.45) is 0 Å². The van der Waals surface area contributed by atoms with E-state index in [2.05, 4.69) is 68.2 Å². The van der Waals surface area contributed by atoms with Crippen molar-refractivity contribution in [1.82, 2.24) is 19.9 Å². The summed E-state index contributed by atoms with van der Waals surface area (Å²) in [5.41, 5.74) is 7.99. The number of nitrogens with one attached hydrogen (secondary N) is 1. The number of ether oxygens (including phenoxy) is 2. The van der Waals surface area contributed by atoms with Crippen molar-refractivity contribution < 1.29 is 9.47 Å². The molecule has 1 aromatic carbocycles. The lowest BCUT2D eigenvalue weighted by Gasteiger charge is -2.34. The molecule has 1 saturated heterocycles. The highest BCUT2D eigenvalue weighted by atomic mass is 16.5. The Morgan fingerprint density at radius 1 is 0.947 bits per heavy atom. The van der Waals surface area contributed by atoms with Crippen LogP contribution in [0, 0.1) is 6.92 Å². The number of pyridine rings is 1. The molecule has 38 heavy (non-hydrogen) atoms. The van der Waals surface area contributed by atoms with Crippen LogP contribution in [0.4, 0.5) is 23.0 Å². The second-order valence-electron chi connectivity index (χ2n) is 9.74. The zero-order chi connectivity index (χ0) is 26.5. The Bertz CT molecular complexity index is 1230. The van der Waals surface area contributed by atoms with Gasteiger partial charge in [-0.15, -0.1) is 0 Å². The van der Waals surface area contributed by atoms with Gasteiger partial charge < -0.3 is 24.6 Å². The lowest BCUT2D eigenvalue weighted by molar-refractivity contribution is 0.0342. The van der Waals surface area contributed by atoms with Gasteiger partial charge in [0.1, 0.15) is 12.3 Å². The molecule has 9 heteroatoms. The first kappa shape index (κ1) is 26.2. The van der Waals surface area contributed by atoms with Crippen molar-refractivity contribution in [3.05, 3.63) is 59.0 Å². The molecule has 0 amide bonds. The molecule has 202 valence electrons. The predicted molar refractivity (Wildman–Crippen MR) is 152 cm³/mol. The largest absolute Gasteiger partial charge is 0.474 e. The summed E-state index contributed by atoms with van der Waals surface area (Å²) in [6.07, 6.45) is 4.82. The maximum atomic E-state index is 5.78. The van der Waals surface area contributed by atoms with Gasteiger partial charge in [-0.2, -0.15) is 0 Å². The van der Waals surface area contributed by atoms with E-state index in [1.807, 2.05) is 26.2 Å². The molecule has 9 nitrogen and oxygen atoms in total. The number of nitrogens with zero attached hydrogens (tertiary/aromatic N) is 6. The lowest BCUT2D eigenvalue weighted by atomic mass is 10.0. The summed E-state index contributed by atoms with van der Waals surface area (Å²) in [6, 6.07) is 8.55. The van der Waals surface area contributed by atoms with Crippen LogP contribution in [0.15, 0.2) is 36.7 Å². The highest BCUT2D eigenvalue weighted by Gasteiger charge is 2.25. The Morgan fingerprint density at radius 3 is 2.53 bits per heavy atom. The van der Waals surface area contributed by atoms with E-state index in [1.54, 1.807) is 0 Å². The number of aromatic nitrogens is 3. The van der Waals surface area contributed by atoms with Crippen molar-refractivity contribution in [3.8, 4) is 5.88 Å². The van der Waals surface area contributed by atoms with Crippen LogP contribution in [0.1, 0.15) is 36.2 Å². The molecule has 3 aliphatic heterocycles. The van der Waals surface area contributed by atoms with Gasteiger partial charge in [0.2, 0.25) is 11.8 Å². The van der Waals surface area contributed by atoms with E-state index in [0.717, 1.165) is 87.5 Å². The van der Waals surface area contributed by atoms with Gasteiger partial charge in [-0.1, -0.05) is 26.0 Å². The molecule has 6 rings (SSSR count). The van der Waals surface area contributed by atoms with E-state index in [9.17, 15) is 0 Å². The first-order chi connectivity index (χ1) is 18.6. The van der Waals surface area contributed by atoms with Crippen molar-refractivity contribution in [2.45, 2.75) is 40.3 Å². The predicted octanol–water partition coefficient (Wildman–Crippen LogP) is 4.17. The summed E-state index contributed by atoms with van der Waals surface area (Å²) in [6.45, 7) is 13.9. The zero-order valence-electron chi connectivity index (χ0n) is 23.0. The molecule has 3 aliphatic rings. The molecule has 0 atom stereocenters. The summed E-state index contributed by atoms with van der Waals surface area (Å²) in [5.74, 6) is 1.36. The van der Waals surface area contributed by atoms with Gasteiger partial charge in [-0.25, -0.2) is 15.0 Å². The molecule has 0 radical (unpaired) electrons. The molecular weight excluding hydrogens is 478 g/mol. The maximum absolute atomic E-state index is 5.78. The molecule has 0 spiro atoms.